The Morgan fingerprint density at radius 3 is 2.81 bits per heavy atom. The average Bonchev–Trinajstić information content (AvgIpc) is 2.25. The molecule has 0 aliphatic heterocycles. The maximum atomic E-state index is 11.3. The van der Waals surface area contributed by atoms with Crippen LogP contribution >= 0.6 is 22.6 Å². The highest BCUT2D eigenvalue weighted by Crippen LogP contribution is 2.20. The molecule has 0 N–H and O–H groups in total. The Labute approximate surface area is 109 Å². The molecular weight excluding hydrogens is 317 g/mol. The second-order valence-electron chi connectivity index (χ2n) is 3.30. The number of esters is 1. The fourth-order valence-electron chi connectivity index (χ4n) is 1.37. The molecule has 0 fully saturated rings. The van der Waals surface area contributed by atoms with Crippen LogP contribution in [0, 0.1) is 21.8 Å². The average molecular weight is 329 g/mol. The zero-order chi connectivity index (χ0) is 12.1. The standard InChI is InChI=1S/C12H12INO2/c1-3-16-11(15)6-9-4-5-10(7-14)12(13)8(9)2/h4-5H,3,6H2,1-2H3. The van der Waals surface area contributed by atoms with Gasteiger partial charge in [-0.15, -0.1) is 0 Å². The van der Waals surface area contributed by atoms with Crippen molar-refractivity contribution in [2.24, 2.45) is 0 Å². The summed E-state index contributed by atoms with van der Waals surface area (Å²) in [5.41, 5.74) is 2.54. The number of nitriles is 1. The molecular formula is C12H12INO2. The van der Waals surface area contributed by atoms with Crippen LogP contribution in [-0.2, 0) is 16.0 Å². The molecule has 0 saturated heterocycles. The molecule has 3 nitrogen and oxygen atoms in total. The zero-order valence-corrected chi connectivity index (χ0v) is 11.4. The molecule has 84 valence electrons. The van der Waals surface area contributed by atoms with Gasteiger partial charge in [0.25, 0.3) is 0 Å². The third-order valence-corrected chi connectivity index (χ3v) is 3.65. The molecule has 0 bridgehead atoms. The molecule has 1 aromatic carbocycles. The number of benzene rings is 1. The Balaban J connectivity index is 2.96. The van der Waals surface area contributed by atoms with Gasteiger partial charge in [0.05, 0.1) is 18.6 Å². The normalized spacial score (nSPS) is 9.62. The molecule has 1 aromatic rings. The van der Waals surface area contributed by atoms with Crippen molar-refractivity contribution in [1.82, 2.24) is 0 Å². The predicted octanol–water partition coefficient (Wildman–Crippen LogP) is 2.58. The van der Waals surface area contributed by atoms with Crippen LogP contribution in [0.4, 0.5) is 0 Å². The largest absolute Gasteiger partial charge is 0.466 e. The summed E-state index contributed by atoms with van der Waals surface area (Å²) in [6.45, 7) is 4.09. The molecule has 0 aliphatic rings. The van der Waals surface area contributed by atoms with Crippen molar-refractivity contribution in [2.45, 2.75) is 20.3 Å². The van der Waals surface area contributed by atoms with E-state index in [1.807, 2.05) is 13.0 Å². The van der Waals surface area contributed by atoms with Gasteiger partial charge >= 0.3 is 5.97 Å². The molecule has 0 saturated carbocycles. The number of hydrogen-bond donors (Lipinski definition) is 0. The van der Waals surface area contributed by atoms with Crippen LogP contribution in [0.2, 0.25) is 0 Å². The highest BCUT2D eigenvalue weighted by atomic mass is 127. The molecule has 0 aromatic heterocycles. The second-order valence-corrected chi connectivity index (χ2v) is 4.38. The van der Waals surface area contributed by atoms with Crippen molar-refractivity contribution < 1.29 is 9.53 Å². The summed E-state index contributed by atoms with van der Waals surface area (Å²) in [7, 11) is 0. The summed E-state index contributed by atoms with van der Waals surface area (Å²) in [5, 5.41) is 8.85. The van der Waals surface area contributed by atoms with Crippen molar-refractivity contribution in [3.63, 3.8) is 0 Å². The minimum Gasteiger partial charge on any atom is -0.466 e. The van der Waals surface area contributed by atoms with Gasteiger partial charge in [-0.25, -0.2) is 0 Å². The molecule has 4 heteroatoms. The van der Waals surface area contributed by atoms with Gasteiger partial charge < -0.3 is 4.74 Å². The van der Waals surface area contributed by atoms with Gasteiger partial charge in [0.2, 0.25) is 0 Å². The van der Waals surface area contributed by atoms with Gasteiger partial charge in [0.15, 0.2) is 0 Å². The van der Waals surface area contributed by atoms with Gasteiger partial charge in [-0.2, -0.15) is 5.26 Å². The summed E-state index contributed by atoms with van der Waals surface area (Å²) in [4.78, 5) is 11.3. The maximum Gasteiger partial charge on any atom is 0.310 e. The quantitative estimate of drug-likeness (QED) is 0.633. The van der Waals surface area contributed by atoms with Crippen LogP contribution in [0.15, 0.2) is 12.1 Å². The Morgan fingerprint density at radius 2 is 2.25 bits per heavy atom. The maximum absolute atomic E-state index is 11.3. The van der Waals surface area contributed by atoms with Crippen LogP contribution in [0.1, 0.15) is 23.6 Å². The van der Waals surface area contributed by atoms with Crippen LogP contribution < -0.4 is 0 Å². The third-order valence-electron chi connectivity index (χ3n) is 2.26. The molecule has 0 heterocycles. The lowest BCUT2D eigenvalue weighted by Crippen LogP contribution is -2.09. The lowest BCUT2D eigenvalue weighted by molar-refractivity contribution is -0.142. The molecule has 0 spiro atoms. The minimum absolute atomic E-state index is 0.230. The van der Waals surface area contributed by atoms with E-state index in [0.29, 0.717) is 12.2 Å². The van der Waals surface area contributed by atoms with E-state index < -0.39 is 0 Å². The van der Waals surface area contributed by atoms with Crippen molar-refractivity contribution in [2.75, 3.05) is 6.61 Å². The molecule has 0 atom stereocenters. The monoisotopic (exact) mass is 329 g/mol. The van der Waals surface area contributed by atoms with Crippen LogP contribution in [0.25, 0.3) is 0 Å². The molecule has 0 radical (unpaired) electrons. The first kappa shape index (κ1) is 13.0. The fourth-order valence-corrected chi connectivity index (χ4v) is 2.02. The Bertz CT molecular complexity index is 449. The Kier molecular flexibility index (Phi) is 4.74. The topological polar surface area (TPSA) is 50.1 Å². The fraction of sp³-hybridized carbons (Fsp3) is 0.333. The first-order valence-corrected chi connectivity index (χ1v) is 6.01. The highest BCUT2D eigenvalue weighted by Gasteiger charge is 2.11. The van der Waals surface area contributed by atoms with Crippen LogP contribution in [0.3, 0.4) is 0 Å². The first-order chi connectivity index (χ1) is 7.60. The van der Waals surface area contributed by atoms with Crippen molar-refractivity contribution >= 4 is 28.6 Å². The van der Waals surface area contributed by atoms with E-state index in [4.69, 9.17) is 10.00 Å². The third kappa shape index (κ3) is 2.95. The number of carbonyl (C=O) groups is 1. The highest BCUT2D eigenvalue weighted by molar-refractivity contribution is 14.1. The Hall–Kier alpha value is -1.09. The van der Waals surface area contributed by atoms with Crippen LogP contribution in [-0.4, -0.2) is 12.6 Å². The summed E-state index contributed by atoms with van der Waals surface area (Å²) >= 11 is 2.12. The molecule has 0 amide bonds. The van der Waals surface area contributed by atoms with Crippen molar-refractivity contribution in [1.29, 1.82) is 5.26 Å². The van der Waals surface area contributed by atoms with E-state index in [2.05, 4.69) is 28.7 Å². The molecule has 0 unspecified atom stereocenters. The van der Waals surface area contributed by atoms with Crippen LogP contribution in [0.5, 0.6) is 0 Å². The lowest BCUT2D eigenvalue weighted by atomic mass is 10.0. The zero-order valence-electron chi connectivity index (χ0n) is 9.21. The van der Waals surface area contributed by atoms with E-state index >= 15 is 0 Å². The molecule has 0 aliphatic carbocycles. The van der Waals surface area contributed by atoms with E-state index in [-0.39, 0.29) is 12.4 Å². The van der Waals surface area contributed by atoms with E-state index in [0.717, 1.165) is 14.7 Å². The van der Waals surface area contributed by atoms with Gasteiger partial charge in [-0.1, -0.05) is 6.07 Å². The second kappa shape index (κ2) is 5.85. The smallest absolute Gasteiger partial charge is 0.310 e. The van der Waals surface area contributed by atoms with Crippen molar-refractivity contribution in [3.8, 4) is 6.07 Å². The molecule has 16 heavy (non-hydrogen) atoms. The summed E-state index contributed by atoms with van der Waals surface area (Å²) in [6, 6.07) is 5.67. The van der Waals surface area contributed by atoms with Gasteiger partial charge in [0.1, 0.15) is 6.07 Å². The number of ether oxygens (including phenoxy) is 1. The molecule has 1 rings (SSSR count). The number of rotatable bonds is 3. The summed E-state index contributed by atoms with van der Waals surface area (Å²) in [5.74, 6) is -0.230. The SMILES string of the molecule is CCOC(=O)Cc1ccc(C#N)c(I)c1C. The summed E-state index contributed by atoms with van der Waals surface area (Å²) in [6.07, 6.45) is 0.265. The van der Waals surface area contributed by atoms with Gasteiger partial charge in [0, 0.05) is 3.57 Å². The van der Waals surface area contributed by atoms with E-state index in [1.54, 1.807) is 13.0 Å². The number of hydrogen-bond acceptors (Lipinski definition) is 3. The Morgan fingerprint density at radius 1 is 1.56 bits per heavy atom. The van der Waals surface area contributed by atoms with Crippen molar-refractivity contribution in [3.05, 3.63) is 32.4 Å². The van der Waals surface area contributed by atoms with E-state index in [1.165, 1.54) is 0 Å². The van der Waals surface area contributed by atoms with E-state index in [9.17, 15) is 4.79 Å². The number of nitrogens with zero attached hydrogens (tertiary/aromatic N) is 1. The first-order valence-electron chi connectivity index (χ1n) is 4.93. The summed E-state index contributed by atoms with van der Waals surface area (Å²) < 4.78 is 5.80. The minimum atomic E-state index is -0.230. The van der Waals surface area contributed by atoms with Gasteiger partial charge in [-0.3, -0.25) is 4.79 Å². The van der Waals surface area contributed by atoms with Gasteiger partial charge in [-0.05, 0) is 53.6 Å². The number of halogens is 1. The lowest BCUT2D eigenvalue weighted by Gasteiger charge is -2.08. The predicted molar refractivity (Wildman–Crippen MR) is 68.9 cm³/mol. The number of carbonyl (C=O) groups excluding carboxylic acids is 1.